The van der Waals surface area contributed by atoms with Gasteiger partial charge in [0.1, 0.15) is 15.7 Å². The molecule has 1 rings (SSSR count). The molecule has 7 nitrogen and oxygen atoms in total. The first kappa shape index (κ1) is 14.4. The molecule has 0 saturated carbocycles. The van der Waals surface area contributed by atoms with Gasteiger partial charge in [-0.2, -0.15) is 0 Å². The SMILES string of the molecule is CC(CS(C)(=O)=O)NC(=O)c1ccnc(NN)c1. The van der Waals surface area contributed by atoms with E-state index >= 15 is 0 Å². The number of pyridine rings is 1. The quantitative estimate of drug-likeness (QED) is 0.493. The highest BCUT2D eigenvalue weighted by Gasteiger charge is 2.14. The Balaban J connectivity index is 2.70. The summed E-state index contributed by atoms with van der Waals surface area (Å²) in [7, 11) is -3.12. The van der Waals surface area contributed by atoms with E-state index in [2.05, 4.69) is 15.7 Å². The summed E-state index contributed by atoms with van der Waals surface area (Å²) in [5.74, 6) is 5.06. The molecule has 1 amide bonds. The van der Waals surface area contributed by atoms with E-state index in [1.807, 2.05) is 0 Å². The van der Waals surface area contributed by atoms with Crippen LogP contribution in [0.25, 0.3) is 0 Å². The maximum absolute atomic E-state index is 11.8. The molecule has 18 heavy (non-hydrogen) atoms. The molecular weight excluding hydrogens is 256 g/mol. The van der Waals surface area contributed by atoms with Gasteiger partial charge in [-0.1, -0.05) is 0 Å². The Kier molecular flexibility index (Phi) is 4.62. The van der Waals surface area contributed by atoms with E-state index in [9.17, 15) is 13.2 Å². The summed E-state index contributed by atoms with van der Waals surface area (Å²) in [5, 5.41) is 2.59. The first-order valence-electron chi connectivity index (χ1n) is 5.23. The van der Waals surface area contributed by atoms with Crippen LogP contribution in [0, 0.1) is 0 Å². The van der Waals surface area contributed by atoms with E-state index in [1.54, 1.807) is 6.92 Å². The third-order valence-electron chi connectivity index (χ3n) is 2.10. The van der Waals surface area contributed by atoms with Crippen molar-refractivity contribution in [3.63, 3.8) is 0 Å². The van der Waals surface area contributed by atoms with Gasteiger partial charge in [0.25, 0.3) is 5.91 Å². The van der Waals surface area contributed by atoms with Crippen LogP contribution in [0.5, 0.6) is 0 Å². The van der Waals surface area contributed by atoms with E-state index in [1.165, 1.54) is 18.3 Å². The van der Waals surface area contributed by atoms with E-state index in [4.69, 9.17) is 5.84 Å². The van der Waals surface area contributed by atoms with Crippen LogP contribution >= 0.6 is 0 Å². The summed E-state index contributed by atoms with van der Waals surface area (Å²) in [6.07, 6.45) is 2.56. The lowest BCUT2D eigenvalue weighted by molar-refractivity contribution is 0.0943. The number of sulfone groups is 1. The molecule has 1 unspecified atom stereocenters. The highest BCUT2D eigenvalue weighted by atomic mass is 32.2. The van der Waals surface area contributed by atoms with Crippen molar-refractivity contribution in [1.29, 1.82) is 0 Å². The zero-order chi connectivity index (χ0) is 13.8. The van der Waals surface area contributed by atoms with Crippen molar-refractivity contribution in [3.8, 4) is 0 Å². The average molecular weight is 272 g/mol. The molecule has 1 aromatic heterocycles. The van der Waals surface area contributed by atoms with Crippen molar-refractivity contribution in [2.24, 2.45) is 5.84 Å². The van der Waals surface area contributed by atoms with E-state index in [0.717, 1.165) is 6.26 Å². The molecule has 4 N–H and O–H groups in total. The number of anilines is 1. The van der Waals surface area contributed by atoms with Crippen molar-refractivity contribution < 1.29 is 13.2 Å². The molecule has 100 valence electrons. The molecule has 0 radical (unpaired) electrons. The summed E-state index contributed by atoms with van der Waals surface area (Å²) in [4.78, 5) is 15.7. The van der Waals surface area contributed by atoms with Crippen molar-refractivity contribution in [2.75, 3.05) is 17.4 Å². The fraction of sp³-hybridized carbons (Fsp3) is 0.400. The van der Waals surface area contributed by atoms with Gasteiger partial charge in [0.2, 0.25) is 0 Å². The summed E-state index contributed by atoms with van der Waals surface area (Å²) < 4.78 is 22.1. The predicted octanol–water partition coefficient (Wildman–Crippen LogP) is -0.470. The molecule has 8 heteroatoms. The van der Waals surface area contributed by atoms with E-state index in [-0.39, 0.29) is 11.7 Å². The number of aromatic nitrogens is 1. The number of carbonyl (C=O) groups excluding carboxylic acids is 1. The van der Waals surface area contributed by atoms with Gasteiger partial charge in [-0.05, 0) is 19.1 Å². The summed E-state index contributed by atoms with van der Waals surface area (Å²) >= 11 is 0. The van der Waals surface area contributed by atoms with Crippen molar-refractivity contribution >= 4 is 21.6 Å². The zero-order valence-electron chi connectivity index (χ0n) is 10.2. The van der Waals surface area contributed by atoms with Crippen LogP contribution < -0.4 is 16.6 Å². The van der Waals surface area contributed by atoms with Crippen molar-refractivity contribution in [1.82, 2.24) is 10.3 Å². The smallest absolute Gasteiger partial charge is 0.251 e. The first-order chi connectivity index (χ1) is 8.31. The van der Waals surface area contributed by atoms with E-state index in [0.29, 0.717) is 11.4 Å². The predicted molar refractivity (Wildman–Crippen MR) is 68.7 cm³/mol. The Morgan fingerprint density at radius 2 is 2.22 bits per heavy atom. The Labute approximate surface area is 106 Å². The zero-order valence-corrected chi connectivity index (χ0v) is 11.0. The van der Waals surface area contributed by atoms with Gasteiger partial charge in [0, 0.05) is 24.1 Å². The number of nitrogen functional groups attached to an aromatic ring is 1. The van der Waals surface area contributed by atoms with Crippen molar-refractivity contribution in [3.05, 3.63) is 23.9 Å². The Hall–Kier alpha value is -1.67. The maximum atomic E-state index is 11.8. The topological polar surface area (TPSA) is 114 Å². The number of nitrogens with two attached hydrogens (primary N) is 1. The fourth-order valence-corrected chi connectivity index (χ4v) is 2.45. The minimum atomic E-state index is -3.12. The number of hydrogen-bond acceptors (Lipinski definition) is 6. The second kappa shape index (κ2) is 5.78. The molecule has 0 saturated heterocycles. The van der Waals surface area contributed by atoms with Gasteiger partial charge < -0.3 is 10.7 Å². The largest absolute Gasteiger partial charge is 0.349 e. The summed E-state index contributed by atoms with van der Waals surface area (Å²) in [5.41, 5.74) is 2.69. The number of carbonyl (C=O) groups is 1. The summed E-state index contributed by atoms with van der Waals surface area (Å²) in [6.45, 7) is 1.63. The van der Waals surface area contributed by atoms with Gasteiger partial charge in [-0.15, -0.1) is 0 Å². The van der Waals surface area contributed by atoms with Crippen LogP contribution in [0.4, 0.5) is 5.82 Å². The number of hydrogen-bond donors (Lipinski definition) is 3. The van der Waals surface area contributed by atoms with Crippen LogP contribution in [0.2, 0.25) is 0 Å². The van der Waals surface area contributed by atoms with Crippen LogP contribution in [0.15, 0.2) is 18.3 Å². The monoisotopic (exact) mass is 272 g/mol. The van der Waals surface area contributed by atoms with Gasteiger partial charge in [-0.25, -0.2) is 19.2 Å². The third-order valence-corrected chi connectivity index (χ3v) is 3.21. The van der Waals surface area contributed by atoms with Gasteiger partial charge in [0.15, 0.2) is 0 Å². The Morgan fingerprint density at radius 3 is 2.78 bits per heavy atom. The lowest BCUT2D eigenvalue weighted by Crippen LogP contribution is -2.37. The molecule has 0 spiro atoms. The lowest BCUT2D eigenvalue weighted by atomic mass is 10.2. The highest BCUT2D eigenvalue weighted by Crippen LogP contribution is 2.05. The molecular formula is C10H16N4O3S. The highest BCUT2D eigenvalue weighted by molar-refractivity contribution is 7.90. The third kappa shape index (κ3) is 4.68. The second-order valence-corrected chi connectivity index (χ2v) is 6.23. The molecule has 0 aromatic carbocycles. The van der Waals surface area contributed by atoms with Gasteiger partial charge in [0.05, 0.1) is 5.75 Å². The first-order valence-corrected chi connectivity index (χ1v) is 7.29. The van der Waals surface area contributed by atoms with Crippen LogP contribution in [-0.2, 0) is 9.84 Å². The minimum absolute atomic E-state index is 0.105. The fourth-order valence-electron chi connectivity index (χ4n) is 1.45. The lowest BCUT2D eigenvalue weighted by Gasteiger charge is -2.12. The normalized spacial score (nSPS) is 12.8. The molecule has 0 aliphatic heterocycles. The Morgan fingerprint density at radius 1 is 1.56 bits per heavy atom. The van der Waals surface area contributed by atoms with Gasteiger partial charge >= 0.3 is 0 Å². The molecule has 1 aromatic rings. The standard InChI is InChI=1S/C10H16N4O3S/c1-7(6-18(2,16)17)13-10(15)8-3-4-12-9(5-8)14-11/h3-5,7H,6,11H2,1-2H3,(H,12,14)(H,13,15). The Bertz CT molecular complexity index is 530. The molecule has 0 bridgehead atoms. The summed E-state index contributed by atoms with van der Waals surface area (Å²) in [6, 6.07) is 2.53. The van der Waals surface area contributed by atoms with Crippen LogP contribution in [0.3, 0.4) is 0 Å². The molecule has 0 fully saturated rings. The van der Waals surface area contributed by atoms with Crippen LogP contribution in [0.1, 0.15) is 17.3 Å². The minimum Gasteiger partial charge on any atom is -0.349 e. The molecule has 0 aliphatic rings. The maximum Gasteiger partial charge on any atom is 0.251 e. The number of rotatable bonds is 5. The number of amides is 1. The van der Waals surface area contributed by atoms with Gasteiger partial charge in [-0.3, -0.25) is 4.79 Å². The second-order valence-electron chi connectivity index (χ2n) is 4.04. The van der Waals surface area contributed by atoms with Crippen molar-refractivity contribution in [2.45, 2.75) is 13.0 Å². The molecule has 1 heterocycles. The number of nitrogens with zero attached hydrogens (tertiary/aromatic N) is 1. The number of nitrogens with one attached hydrogen (secondary N) is 2. The average Bonchev–Trinajstić information content (AvgIpc) is 2.26. The molecule has 0 aliphatic carbocycles. The molecule has 1 atom stereocenters. The van der Waals surface area contributed by atoms with E-state index < -0.39 is 15.9 Å². The van der Waals surface area contributed by atoms with Crippen LogP contribution in [-0.4, -0.2) is 37.4 Å². The number of hydrazine groups is 1.